The van der Waals surface area contributed by atoms with E-state index in [2.05, 4.69) is 31.1 Å². The van der Waals surface area contributed by atoms with Gasteiger partial charge in [-0.15, -0.1) is 0 Å². The Balaban J connectivity index is 2.13. The second kappa shape index (κ2) is 5.43. The van der Waals surface area contributed by atoms with Crippen LogP contribution in [0.5, 0.6) is 5.75 Å². The van der Waals surface area contributed by atoms with Gasteiger partial charge in [-0.25, -0.2) is 0 Å². The van der Waals surface area contributed by atoms with Crippen molar-refractivity contribution >= 4 is 8.32 Å². The van der Waals surface area contributed by atoms with Crippen molar-refractivity contribution in [1.29, 1.82) is 0 Å². The summed E-state index contributed by atoms with van der Waals surface area (Å²) >= 11 is 0. The Kier molecular flexibility index (Phi) is 4.09. The van der Waals surface area contributed by atoms with E-state index in [1.807, 2.05) is 12.1 Å². The van der Waals surface area contributed by atoms with Crippen molar-refractivity contribution in [3.05, 3.63) is 29.8 Å². The van der Waals surface area contributed by atoms with Gasteiger partial charge in [0.25, 0.3) is 0 Å². The SMILES string of the molecule is COc1ccc(C(C[Si]2(O)CCC2)N(C)C)cc1. The molecule has 1 aromatic carbocycles. The van der Waals surface area contributed by atoms with Gasteiger partial charge < -0.3 is 14.4 Å². The van der Waals surface area contributed by atoms with Gasteiger partial charge in [-0.05, 0) is 49.9 Å². The van der Waals surface area contributed by atoms with Crippen LogP contribution in [0.25, 0.3) is 0 Å². The Morgan fingerprint density at radius 1 is 1.28 bits per heavy atom. The molecule has 18 heavy (non-hydrogen) atoms. The molecule has 1 heterocycles. The van der Waals surface area contributed by atoms with Gasteiger partial charge in [0.2, 0.25) is 0 Å². The molecule has 0 bridgehead atoms. The van der Waals surface area contributed by atoms with Crippen molar-refractivity contribution in [1.82, 2.24) is 4.90 Å². The van der Waals surface area contributed by atoms with Crippen LogP contribution in [0.2, 0.25) is 18.1 Å². The van der Waals surface area contributed by atoms with E-state index in [1.54, 1.807) is 7.11 Å². The standard InChI is InChI=1S/C14H23NO2Si/c1-15(2)14(11-18(16)9-4-10-18)12-5-7-13(17-3)8-6-12/h5-8,14,16H,4,9-11H2,1-3H3. The van der Waals surface area contributed by atoms with Gasteiger partial charge in [0.1, 0.15) is 5.75 Å². The van der Waals surface area contributed by atoms with Crippen LogP contribution >= 0.6 is 0 Å². The van der Waals surface area contributed by atoms with E-state index in [-0.39, 0.29) is 0 Å². The molecule has 4 heteroatoms. The van der Waals surface area contributed by atoms with E-state index in [1.165, 1.54) is 12.0 Å². The van der Waals surface area contributed by atoms with Crippen LogP contribution < -0.4 is 4.74 Å². The number of benzene rings is 1. The lowest BCUT2D eigenvalue weighted by molar-refractivity contribution is 0.305. The van der Waals surface area contributed by atoms with Crippen molar-refractivity contribution in [2.75, 3.05) is 21.2 Å². The maximum absolute atomic E-state index is 10.5. The van der Waals surface area contributed by atoms with E-state index in [0.29, 0.717) is 6.04 Å². The summed E-state index contributed by atoms with van der Waals surface area (Å²) in [6.45, 7) is 0. The molecule has 0 radical (unpaired) electrons. The van der Waals surface area contributed by atoms with E-state index in [0.717, 1.165) is 23.9 Å². The Bertz CT molecular complexity index is 387. The number of rotatable bonds is 5. The second-order valence-corrected chi connectivity index (χ2v) is 9.39. The molecule has 1 fully saturated rings. The van der Waals surface area contributed by atoms with Crippen LogP contribution in [0.3, 0.4) is 0 Å². The zero-order valence-corrected chi connectivity index (χ0v) is 12.5. The predicted molar refractivity (Wildman–Crippen MR) is 76.4 cm³/mol. The van der Waals surface area contributed by atoms with Crippen LogP contribution in [-0.2, 0) is 0 Å². The third-order valence-electron chi connectivity index (χ3n) is 3.98. The number of nitrogens with zero attached hydrogens (tertiary/aromatic N) is 1. The molecule has 0 amide bonds. The number of hydrogen-bond acceptors (Lipinski definition) is 3. The zero-order valence-electron chi connectivity index (χ0n) is 11.5. The van der Waals surface area contributed by atoms with E-state index >= 15 is 0 Å². The molecule has 3 nitrogen and oxygen atoms in total. The first-order valence-electron chi connectivity index (χ1n) is 6.57. The number of ether oxygens (including phenoxy) is 1. The molecule has 1 unspecified atom stereocenters. The minimum atomic E-state index is -1.90. The van der Waals surface area contributed by atoms with Crippen molar-refractivity contribution in [2.24, 2.45) is 0 Å². The molecule has 0 spiro atoms. The van der Waals surface area contributed by atoms with Gasteiger partial charge in [0, 0.05) is 6.04 Å². The van der Waals surface area contributed by atoms with Crippen LogP contribution in [0.4, 0.5) is 0 Å². The second-order valence-electron chi connectivity index (χ2n) is 5.53. The van der Waals surface area contributed by atoms with Gasteiger partial charge in [0.15, 0.2) is 8.32 Å². The summed E-state index contributed by atoms with van der Waals surface area (Å²) in [6, 6.07) is 11.6. The van der Waals surface area contributed by atoms with Crippen molar-refractivity contribution in [2.45, 2.75) is 30.6 Å². The highest BCUT2D eigenvalue weighted by molar-refractivity contribution is 6.75. The van der Waals surface area contributed by atoms with E-state index in [4.69, 9.17) is 4.74 Å². The fourth-order valence-corrected chi connectivity index (χ4v) is 5.47. The average molecular weight is 265 g/mol. The molecule has 100 valence electrons. The maximum Gasteiger partial charge on any atom is 0.190 e. The first-order valence-corrected chi connectivity index (χ1v) is 9.14. The molecule has 0 saturated carbocycles. The van der Waals surface area contributed by atoms with Crippen molar-refractivity contribution in [3.63, 3.8) is 0 Å². The third-order valence-corrected chi connectivity index (χ3v) is 7.70. The quantitative estimate of drug-likeness (QED) is 0.831. The summed E-state index contributed by atoms with van der Waals surface area (Å²) in [5, 5.41) is 0. The molecule has 1 aromatic rings. The first-order chi connectivity index (χ1) is 8.54. The monoisotopic (exact) mass is 265 g/mol. The zero-order chi connectivity index (χ0) is 13.2. The topological polar surface area (TPSA) is 32.7 Å². The van der Waals surface area contributed by atoms with Crippen molar-refractivity contribution < 1.29 is 9.53 Å². The molecule has 1 aliphatic heterocycles. The van der Waals surface area contributed by atoms with Gasteiger partial charge in [0.05, 0.1) is 7.11 Å². The lowest BCUT2D eigenvalue weighted by Gasteiger charge is -2.38. The van der Waals surface area contributed by atoms with Crippen LogP contribution in [-0.4, -0.2) is 39.2 Å². The average Bonchev–Trinajstić information content (AvgIpc) is 2.33. The van der Waals surface area contributed by atoms with E-state index in [9.17, 15) is 4.80 Å². The molecular weight excluding hydrogens is 242 g/mol. The highest BCUT2D eigenvalue weighted by Crippen LogP contribution is 2.39. The smallest absolute Gasteiger partial charge is 0.190 e. The summed E-state index contributed by atoms with van der Waals surface area (Å²) in [6.07, 6.45) is 1.21. The van der Waals surface area contributed by atoms with Crippen LogP contribution in [0, 0.1) is 0 Å². The lowest BCUT2D eigenvalue weighted by Crippen LogP contribution is -2.44. The van der Waals surface area contributed by atoms with Crippen LogP contribution in [0.1, 0.15) is 18.0 Å². The third kappa shape index (κ3) is 2.94. The molecule has 2 rings (SSSR count). The predicted octanol–water partition coefficient (Wildman–Crippen LogP) is 2.64. The molecule has 0 aromatic heterocycles. The molecular formula is C14H23NO2Si. The van der Waals surface area contributed by atoms with Crippen LogP contribution in [0.15, 0.2) is 24.3 Å². The molecule has 0 aliphatic carbocycles. The van der Waals surface area contributed by atoms with Gasteiger partial charge in [-0.3, -0.25) is 0 Å². The summed E-state index contributed by atoms with van der Waals surface area (Å²) in [4.78, 5) is 12.7. The Morgan fingerprint density at radius 2 is 1.89 bits per heavy atom. The fourth-order valence-electron chi connectivity index (χ4n) is 2.57. The Hall–Kier alpha value is -0.843. The molecule has 1 saturated heterocycles. The fraction of sp³-hybridized carbons (Fsp3) is 0.571. The highest BCUT2D eigenvalue weighted by atomic mass is 28.4. The normalized spacial score (nSPS) is 19.4. The van der Waals surface area contributed by atoms with E-state index < -0.39 is 8.32 Å². The summed E-state index contributed by atoms with van der Waals surface area (Å²) in [5.41, 5.74) is 1.27. The Morgan fingerprint density at radius 3 is 2.28 bits per heavy atom. The molecule has 1 aliphatic rings. The first kappa shape index (κ1) is 13.6. The molecule has 1 atom stereocenters. The Labute approximate surface area is 111 Å². The summed E-state index contributed by atoms with van der Waals surface area (Å²) < 4.78 is 5.19. The molecule has 1 N–H and O–H groups in total. The number of hydrogen-bond donors (Lipinski definition) is 1. The van der Waals surface area contributed by atoms with Gasteiger partial charge >= 0.3 is 0 Å². The maximum atomic E-state index is 10.5. The summed E-state index contributed by atoms with van der Waals surface area (Å²) in [7, 11) is 3.96. The van der Waals surface area contributed by atoms with Gasteiger partial charge in [-0.2, -0.15) is 0 Å². The minimum Gasteiger partial charge on any atom is -0.497 e. The largest absolute Gasteiger partial charge is 0.497 e. The minimum absolute atomic E-state index is 0.327. The van der Waals surface area contributed by atoms with Crippen molar-refractivity contribution in [3.8, 4) is 5.75 Å². The van der Waals surface area contributed by atoms with Gasteiger partial charge in [-0.1, -0.05) is 18.6 Å². The highest BCUT2D eigenvalue weighted by Gasteiger charge is 2.40. The number of methoxy groups -OCH3 is 1. The summed E-state index contributed by atoms with van der Waals surface area (Å²) in [5.74, 6) is 0.885. The lowest BCUT2D eigenvalue weighted by atomic mass is 10.1.